The van der Waals surface area contributed by atoms with Crippen LogP contribution in [0.2, 0.25) is 0 Å². The molecule has 0 saturated carbocycles. The van der Waals surface area contributed by atoms with Crippen LogP contribution in [0.25, 0.3) is 0 Å². The summed E-state index contributed by atoms with van der Waals surface area (Å²) in [5, 5.41) is 5.19. The van der Waals surface area contributed by atoms with Gasteiger partial charge < -0.3 is 26.8 Å². The van der Waals surface area contributed by atoms with E-state index in [1.165, 1.54) is 0 Å². The summed E-state index contributed by atoms with van der Waals surface area (Å²) in [5.41, 5.74) is 11.1. The third-order valence-corrected chi connectivity index (χ3v) is 3.40. The minimum Gasteiger partial charge on any atom is -0.492 e. The molecule has 1 aromatic carbocycles. The molecule has 0 aliphatic carbocycles. The van der Waals surface area contributed by atoms with Gasteiger partial charge in [-0.15, -0.1) is 0 Å². The van der Waals surface area contributed by atoms with Crippen molar-refractivity contribution in [3.05, 3.63) is 24.3 Å². The number of hydrogen-bond acceptors (Lipinski definition) is 5. The topological polar surface area (TPSA) is 119 Å². The van der Waals surface area contributed by atoms with Crippen molar-refractivity contribution in [2.45, 2.75) is 12.5 Å². The number of hydrogen-bond donors (Lipinski definition) is 4. The fourth-order valence-electron chi connectivity index (χ4n) is 1.72. The van der Waals surface area contributed by atoms with Crippen LogP contribution in [-0.2, 0) is 4.79 Å². The summed E-state index contributed by atoms with van der Waals surface area (Å²) in [5.74, 6) is 1.12. The lowest BCUT2D eigenvalue weighted by atomic mass is 10.2. The Bertz CT molecular complexity index is 481. The van der Waals surface area contributed by atoms with Crippen LogP contribution in [0.15, 0.2) is 24.3 Å². The number of carbonyl (C=O) groups is 2. The van der Waals surface area contributed by atoms with Gasteiger partial charge in [-0.1, -0.05) is 0 Å². The van der Waals surface area contributed by atoms with Gasteiger partial charge in [0.05, 0.1) is 0 Å². The van der Waals surface area contributed by atoms with Gasteiger partial charge in [-0.05, 0) is 42.7 Å². The first kappa shape index (κ1) is 18.1. The number of primary amides is 1. The fourth-order valence-corrected chi connectivity index (χ4v) is 2.19. The molecular weight excluding hydrogens is 304 g/mol. The lowest BCUT2D eigenvalue weighted by Crippen LogP contribution is -2.46. The summed E-state index contributed by atoms with van der Waals surface area (Å²) in [7, 11) is 0. The van der Waals surface area contributed by atoms with Gasteiger partial charge in [0.2, 0.25) is 5.91 Å². The Hall–Kier alpha value is -1.93. The fraction of sp³-hybridized carbons (Fsp3) is 0.429. The minimum absolute atomic E-state index is 0.302. The van der Waals surface area contributed by atoms with Crippen LogP contribution in [0, 0.1) is 0 Å². The highest BCUT2D eigenvalue weighted by molar-refractivity contribution is 7.98. The smallest absolute Gasteiger partial charge is 0.312 e. The van der Waals surface area contributed by atoms with Gasteiger partial charge in [-0.2, -0.15) is 11.8 Å². The number of rotatable bonds is 9. The second-order valence-electron chi connectivity index (χ2n) is 4.49. The van der Waals surface area contributed by atoms with Gasteiger partial charge in [0.25, 0.3) is 0 Å². The molecule has 0 saturated heterocycles. The summed E-state index contributed by atoms with van der Waals surface area (Å²) >= 11 is 1.59. The number of ether oxygens (including phenoxy) is 1. The highest BCUT2D eigenvalue weighted by Gasteiger charge is 2.19. The maximum atomic E-state index is 12.2. The summed E-state index contributed by atoms with van der Waals surface area (Å²) in [6.45, 7) is 0.874. The van der Waals surface area contributed by atoms with Gasteiger partial charge in [0.15, 0.2) is 0 Å². The molecule has 0 spiro atoms. The van der Waals surface area contributed by atoms with Crippen LogP contribution < -0.4 is 26.8 Å². The predicted molar refractivity (Wildman–Crippen MR) is 89.1 cm³/mol. The summed E-state index contributed by atoms with van der Waals surface area (Å²) in [4.78, 5) is 23.1. The second kappa shape index (κ2) is 9.91. The number of benzene rings is 1. The first-order chi connectivity index (χ1) is 10.6. The number of nitrogens with one attached hydrogen (secondary N) is 2. The zero-order valence-electron chi connectivity index (χ0n) is 12.5. The van der Waals surface area contributed by atoms with E-state index in [-0.39, 0.29) is 5.91 Å². The number of carbonyl (C=O) groups excluding carboxylic acids is 2. The maximum absolute atomic E-state index is 12.2. The van der Waals surface area contributed by atoms with Gasteiger partial charge in [-0.25, -0.2) is 4.79 Å². The Labute approximate surface area is 134 Å². The van der Waals surface area contributed by atoms with Crippen LogP contribution in [0.3, 0.4) is 0 Å². The molecule has 0 bridgehead atoms. The molecule has 0 fully saturated rings. The van der Waals surface area contributed by atoms with Crippen LogP contribution in [0.1, 0.15) is 6.42 Å². The molecule has 0 aromatic heterocycles. The Kier molecular flexibility index (Phi) is 8.16. The van der Waals surface area contributed by atoms with Crippen molar-refractivity contribution in [1.82, 2.24) is 5.32 Å². The molecule has 0 radical (unpaired) electrons. The average molecular weight is 326 g/mol. The first-order valence-corrected chi connectivity index (χ1v) is 8.25. The molecule has 1 unspecified atom stereocenters. The van der Waals surface area contributed by atoms with E-state index in [2.05, 4.69) is 10.6 Å². The van der Waals surface area contributed by atoms with Crippen LogP contribution in [-0.4, -0.2) is 43.1 Å². The van der Waals surface area contributed by atoms with E-state index < -0.39 is 12.1 Å². The molecule has 1 rings (SSSR count). The maximum Gasteiger partial charge on any atom is 0.312 e. The van der Waals surface area contributed by atoms with E-state index >= 15 is 0 Å². The van der Waals surface area contributed by atoms with Crippen LogP contribution >= 0.6 is 11.8 Å². The summed E-state index contributed by atoms with van der Waals surface area (Å²) in [6, 6.07) is 5.55. The summed E-state index contributed by atoms with van der Waals surface area (Å²) in [6.07, 6.45) is 2.44. The van der Waals surface area contributed by atoms with Gasteiger partial charge in [0.1, 0.15) is 18.4 Å². The number of anilines is 1. The number of nitrogens with two attached hydrogens (primary N) is 2. The normalized spacial score (nSPS) is 11.5. The van der Waals surface area contributed by atoms with E-state index in [4.69, 9.17) is 16.2 Å². The van der Waals surface area contributed by atoms with Crippen molar-refractivity contribution in [2.75, 3.05) is 30.5 Å². The van der Waals surface area contributed by atoms with Gasteiger partial charge >= 0.3 is 6.03 Å². The van der Waals surface area contributed by atoms with Crippen LogP contribution in [0.4, 0.5) is 10.5 Å². The molecule has 0 heterocycles. The molecule has 1 atom stereocenters. The average Bonchev–Trinajstić information content (AvgIpc) is 2.50. The molecular formula is C14H22N4O3S. The van der Waals surface area contributed by atoms with Crippen molar-refractivity contribution in [3.63, 3.8) is 0 Å². The van der Waals surface area contributed by atoms with Crippen molar-refractivity contribution in [2.24, 2.45) is 11.5 Å². The third-order valence-electron chi connectivity index (χ3n) is 2.75. The Morgan fingerprint density at radius 2 is 2.00 bits per heavy atom. The molecule has 6 N–H and O–H groups in total. The van der Waals surface area contributed by atoms with E-state index in [1.54, 1.807) is 36.0 Å². The second-order valence-corrected chi connectivity index (χ2v) is 5.48. The minimum atomic E-state index is -0.716. The SMILES string of the molecule is CSCCC(NC(N)=O)C(=O)Nc1ccc(OCCN)cc1. The molecule has 22 heavy (non-hydrogen) atoms. The number of thioether (sulfide) groups is 1. The van der Waals surface area contributed by atoms with E-state index in [0.717, 1.165) is 5.75 Å². The number of amides is 3. The molecule has 3 amide bonds. The molecule has 1 aromatic rings. The van der Waals surface area contributed by atoms with Crippen molar-refractivity contribution >= 4 is 29.4 Å². The molecule has 0 aliphatic heterocycles. The first-order valence-electron chi connectivity index (χ1n) is 6.85. The zero-order valence-corrected chi connectivity index (χ0v) is 13.3. The molecule has 0 aliphatic rings. The Morgan fingerprint density at radius 3 is 2.55 bits per heavy atom. The van der Waals surface area contributed by atoms with Gasteiger partial charge in [0, 0.05) is 12.2 Å². The highest BCUT2D eigenvalue weighted by atomic mass is 32.2. The van der Waals surface area contributed by atoms with E-state index in [0.29, 0.717) is 31.0 Å². The van der Waals surface area contributed by atoms with Crippen molar-refractivity contribution < 1.29 is 14.3 Å². The monoisotopic (exact) mass is 326 g/mol. The Balaban J connectivity index is 2.61. The highest BCUT2D eigenvalue weighted by Crippen LogP contribution is 2.16. The molecule has 122 valence electrons. The lowest BCUT2D eigenvalue weighted by molar-refractivity contribution is -0.117. The summed E-state index contributed by atoms with van der Waals surface area (Å²) < 4.78 is 5.35. The van der Waals surface area contributed by atoms with E-state index in [1.807, 2.05) is 6.26 Å². The van der Waals surface area contributed by atoms with Crippen molar-refractivity contribution in [3.8, 4) is 5.75 Å². The van der Waals surface area contributed by atoms with E-state index in [9.17, 15) is 9.59 Å². The molecule has 7 nitrogen and oxygen atoms in total. The predicted octanol–water partition coefficient (Wildman–Crippen LogP) is 0.753. The largest absolute Gasteiger partial charge is 0.492 e. The molecule has 8 heteroatoms. The quantitative estimate of drug-likeness (QED) is 0.534. The zero-order chi connectivity index (χ0) is 16.4. The lowest BCUT2D eigenvalue weighted by Gasteiger charge is -2.17. The van der Waals surface area contributed by atoms with Crippen LogP contribution in [0.5, 0.6) is 5.75 Å². The standard InChI is InChI=1S/C14H22N4O3S/c1-22-9-6-12(18-14(16)20)13(19)17-10-2-4-11(5-3-10)21-8-7-15/h2-5,12H,6-9,15H2,1H3,(H,17,19)(H3,16,18,20). The third kappa shape index (κ3) is 6.68. The Morgan fingerprint density at radius 1 is 1.32 bits per heavy atom. The van der Waals surface area contributed by atoms with Gasteiger partial charge in [-0.3, -0.25) is 4.79 Å². The number of urea groups is 1. The van der Waals surface area contributed by atoms with Crippen molar-refractivity contribution in [1.29, 1.82) is 0 Å².